The first-order valence-electron chi connectivity index (χ1n) is 10.6. The molecule has 13 heteroatoms. The summed E-state index contributed by atoms with van der Waals surface area (Å²) < 4.78 is 27.1. The van der Waals surface area contributed by atoms with Crippen LogP contribution in [0.15, 0.2) is 33.5 Å². The zero-order chi connectivity index (χ0) is 26.3. The molecule has 2 aromatic carbocycles. The summed E-state index contributed by atoms with van der Waals surface area (Å²) in [6.07, 6.45) is -8.42. The van der Waals surface area contributed by atoms with Crippen LogP contribution >= 0.6 is 0 Å². The molecule has 194 valence electrons. The highest BCUT2D eigenvalue weighted by Crippen LogP contribution is 2.43. The molecule has 7 N–H and O–H groups in total. The number of fused-ring (bicyclic) bond motifs is 1. The lowest BCUT2D eigenvalue weighted by molar-refractivity contribution is -0.277. The highest BCUT2D eigenvalue weighted by atomic mass is 16.7. The molecule has 1 saturated heterocycles. The van der Waals surface area contributed by atoms with Gasteiger partial charge in [0.1, 0.15) is 46.9 Å². The Morgan fingerprint density at radius 3 is 2.14 bits per heavy atom. The summed E-state index contributed by atoms with van der Waals surface area (Å²) in [5, 5.41) is 70.1. The van der Waals surface area contributed by atoms with Gasteiger partial charge in [-0.1, -0.05) is 0 Å². The maximum absolute atomic E-state index is 13.5. The van der Waals surface area contributed by atoms with Crippen LogP contribution in [-0.2, 0) is 4.74 Å². The monoisotopic (exact) mass is 508 g/mol. The maximum Gasteiger partial charge on any atom is 0.239 e. The Morgan fingerprint density at radius 2 is 1.56 bits per heavy atom. The number of phenolic OH excluding ortho intramolecular Hbond substituents is 3. The van der Waals surface area contributed by atoms with E-state index in [4.69, 9.17) is 23.4 Å². The van der Waals surface area contributed by atoms with Crippen molar-refractivity contribution in [3.63, 3.8) is 0 Å². The SMILES string of the molecule is COc1cc(-c2oc3cc(O)cc(O)c3c(=O)c2O[C@@H]2O[C@H](CO)[C@@H](O)[C@H](O)[C@H]2O)cc(OC)c1O. The molecule has 0 saturated carbocycles. The van der Waals surface area contributed by atoms with Gasteiger partial charge in [-0.3, -0.25) is 4.79 Å². The number of hydrogen-bond donors (Lipinski definition) is 7. The van der Waals surface area contributed by atoms with Gasteiger partial charge in [0.25, 0.3) is 0 Å². The highest BCUT2D eigenvalue weighted by molar-refractivity contribution is 5.88. The zero-order valence-corrected chi connectivity index (χ0v) is 19.0. The number of rotatable bonds is 6. The molecular formula is C23H24O13. The Balaban J connectivity index is 1.96. The van der Waals surface area contributed by atoms with Crippen molar-refractivity contribution in [3.8, 4) is 45.8 Å². The number of aliphatic hydroxyl groups is 4. The quantitative estimate of drug-likeness (QED) is 0.230. The van der Waals surface area contributed by atoms with Crippen molar-refractivity contribution in [2.75, 3.05) is 20.8 Å². The average molecular weight is 508 g/mol. The third kappa shape index (κ3) is 4.23. The van der Waals surface area contributed by atoms with Crippen molar-refractivity contribution in [3.05, 3.63) is 34.5 Å². The first-order chi connectivity index (χ1) is 17.1. The van der Waals surface area contributed by atoms with Gasteiger partial charge in [0.15, 0.2) is 17.3 Å². The van der Waals surface area contributed by atoms with E-state index in [2.05, 4.69) is 0 Å². The first-order valence-corrected chi connectivity index (χ1v) is 10.6. The fourth-order valence-corrected chi connectivity index (χ4v) is 3.87. The molecule has 4 rings (SSSR count). The summed E-state index contributed by atoms with van der Waals surface area (Å²) in [6, 6.07) is 4.55. The van der Waals surface area contributed by atoms with Gasteiger partial charge in [0.05, 0.1) is 20.8 Å². The van der Waals surface area contributed by atoms with E-state index >= 15 is 0 Å². The van der Waals surface area contributed by atoms with Gasteiger partial charge in [-0.05, 0) is 12.1 Å². The van der Waals surface area contributed by atoms with Gasteiger partial charge in [0.2, 0.25) is 23.2 Å². The normalized spacial score (nSPS) is 24.0. The van der Waals surface area contributed by atoms with E-state index in [1.54, 1.807) is 0 Å². The summed E-state index contributed by atoms with van der Waals surface area (Å²) in [5.74, 6) is -2.44. The van der Waals surface area contributed by atoms with E-state index in [0.29, 0.717) is 0 Å². The molecule has 1 aliphatic rings. The van der Waals surface area contributed by atoms with Crippen LogP contribution in [0.2, 0.25) is 0 Å². The van der Waals surface area contributed by atoms with Gasteiger partial charge < -0.3 is 59.1 Å². The topological polar surface area (TPSA) is 209 Å². The van der Waals surface area contributed by atoms with Gasteiger partial charge in [-0.15, -0.1) is 0 Å². The minimum absolute atomic E-state index is 0.0651. The number of methoxy groups -OCH3 is 2. The molecule has 0 bridgehead atoms. The second-order valence-electron chi connectivity index (χ2n) is 7.97. The first kappa shape index (κ1) is 25.3. The number of aliphatic hydroxyl groups excluding tert-OH is 4. The summed E-state index contributed by atoms with van der Waals surface area (Å²) in [6.45, 7) is -0.740. The smallest absolute Gasteiger partial charge is 0.239 e. The lowest BCUT2D eigenvalue weighted by Crippen LogP contribution is -2.60. The molecule has 0 amide bonds. The van der Waals surface area contributed by atoms with Gasteiger partial charge in [0, 0.05) is 17.7 Å². The third-order valence-electron chi connectivity index (χ3n) is 5.74. The lowest BCUT2D eigenvalue weighted by Gasteiger charge is -2.39. The predicted octanol–water partition coefficient (Wildman–Crippen LogP) is -0.227. The Labute approximate surface area is 202 Å². The van der Waals surface area contributed by atoms with E-state index in [1.165, 1.54) is 26.4 Å². The molecule has 2 heterocycles. The molecule has 0 spiro atoms. The molecule has 0 unspecified atom stereocenters. The Morgan fingerprint density at radius 1 is 0.917 bits per heavy atom. The lowest BCUT2D eigenvalue weighted by atomic mass is 9.99. The molecule has 5 atom stereocenters. The largest absolute Gasteiger partial charge is 0.508 e. The standard InChI is InChI=1S/C23H24O13/c1-32-12-3-8(4-13(33-2)16(12)27)21-22(18(29)15-10(26)5-9(25)6-11(15)34-21)36-23-20(31)19(30)17(28)14(7-24)35-23/h3-6,14,17,19-20,23-28,30-31H,7H2,1-2H3/t14-,17-,19+,20-,23+/m1/s1. The zero-order valence-electron chi connectivity index (χ0n) is 19.0. The van der Waals surface area contributed by atoms with Crippen LogP contribution in [0.4, 0.5) is 0 Å². The Bertz CT molecular complexity index is 1310. The Hall–Kier alpha value is -3.75. The molecule has 0 radical (unpaired) electrons. The van der Waals surface area contributed by atoms with Crippen molar-refractivity contribution in [2.24, 2.45) is 0 Å². The summed E-state index contributed by atoms with van der Waals surface area (Å²) in [7, 11) is 2.55. The molecule has 1 fully saturated rings. The third-order valence-corrected chi connectivity index (χ3v) is 5.74. The van der Waals surface area contributed by atoms with E-state index in [0.717, 1.165) is 12.1 Å². The van der Waals surface area contributed by atoms with Crippen LogP contribution in [0.3, 0.4) is 0 Å². The van der Waals surface area contributed by atoms with Crippen molar-refractivity contribution < 1.29 is 59.1 Å². The number of ether oxygens (including phenoxy) is 4. The van der Waals surface area contributed by atoms with Crippen LogP contribution in [0.1, 0.15) is 0 Å². The van der Waals surface area contributed by atoms with E-state index in [1.807, 2.05) is 0 Å². The van der Waals surface area contributed by atoms with E-state index < -0.39 is 60.0 Å². The molecule has 13 nitrogen and oxygen atoms in total. The number of phenols is 3. The van der Waals surface area contributed by atoms with Crippen LogP contribution in [-0.4, -0.2) is 87.3 Å². The fourth-order valence-electron chi connectivity index (χ4n) is 3.87. The van der Waals surface area contributed by atoms with Crippen LogP contribution in [0.5, 0.6) is 34.5 Å². The van der Waals surface area contributed by atoms with Crippen molar-refractivity contribution in [1.82, 2.24) is 0 Å². The molecule has 36 heavy (non-hydrogen) atoms. The van der Waals surface area contributed by atoms with Crippen LogP contribution in [0, 0.1) is 0 Å². The van der Waals surface area contributed by atoms with Crippen LogP contribution in [0.25, 0.3) is 22.3 Å². The molecule has 1 aromatic heterocycles. The number of benzene rings is 2. The van der Waals surface area contributed by atoms with Crippen molar-refractivity contribution >= 4 is 11.0 Å². The molecule has 1 aliphatic heterocycles. The second kappa shape index (κ2) is 9.72. The second-order valence-corrected chi connectivity index (χ2v) is 7.97. The minimum atomic E-state index is -1.86. The van der Waals surface area contributed by atoms with Gasteiger partial charge >= 0.3 is 0 Å². The average Bonchev–Trinajstić information content (AvgIpc) is 2.85. The van der Waals surface area contributed by atoms with Crippen molar-refractivity contribution in [1.29, 1.82) is 0 Å². The fraction of sp³-hybridized carbons (Fsp3) is 0.348. The molecular weight excluding hydrogens is 484 g/mol. The maximum atomic E-state index is 13.5. The molecule has 3 aromatic rings. The minimum Gasteiger partial charge on any atom is -0.508 e. The van der Waals surface area contributed by atoms with Gasteiger partial charge in [-0.2, -0.15) is 0 Å². The highest BCUT2D eigenvalue weighted by Gasteiger charge is 2.45. The molecule has 0 aliphatic carbocycles. The predicted molar refractivity (Wildman–Crippen MR) is 120 cm³/mol. The van der Waals surface area contributed by atoms with Gasteiger partial charge in [-0.25, -0.2) is 0 Å². The number of aromatic hydroxyl groups is 3. The Kier molecular flexibility index (Phi) is 6.84. The summed E-state index contributed by atoms with van der Waals surface area (Å²) in [5.41, 5.74) is -1.12. The van der Waals surface area contributed by atoms with E-state index in [-0.39, 0.29) is 39.5 Å². The number of hydrogen-bond acceptors (Lipinski definition) is 13. The van der Waals surface area contributed by atoms with Crippen LogP contribution < -0.4 is 19.6 Å². The van der Waals surface area contributed by atoms with E-state index in [9.17, 15) is 40.5 Å². The summed E-state index contributed by atoms with van der Waals surface area (Å²) in [4.78, 5) is 13.5. The van der Waals surface area contributed by atoms with Crippen molar-refractivity contribution in [2.45, 2.75) is 30.7 Å². The summed E-state index contributed by atoms with van der Waals surface area (Å²) >= 11 is 0.